The highest BCUT2D eigenvalue weighted by molar-refractivity contribution is 7.18. The summed E-state index contributed by atoms with van der Waals surface area (Å²) in [5, 5.41) is 1.21. The molecule has 0 radical (unpaired) electrons. The van der Waals surface area contributed by atoms with E-state index in [4.69, 9.17) is 20.4 Å². The molecule has 6 heteroatoms. The topological polar surface area (TPSA) is 64.3 Å². The van der Waals surface area contributed by atoms with Crippen LogP contribution < -0.4 is 10.6 Å². The third-order valence-corrected chi connectivity index (χ3v) is 5.57. The molecule has 0 spiro atoms. The summed E-state index contributed by atoms with van der Waals surface area (Å²) in [4.78, 5) is 14.4. The maximum absolute atomic E-state index is 5.73. The number of hydrogen-bond acceptors (Lipinski definition) is 6. The van der Waals surface area contributed by atoms with E-state index in [0.717, 1.165) is 41.9 Å². The van der Waals surface area contributed by atoms with Crippen molar-refractivity contribution in [1.29, 1.82) is 0 Å². The smallest absolute Gasteiger partial charge is 0.141 e. The summed E-state index contributed by atoms with van der Waals surface area (Å²) in [5.41, 5.74) is 7.03. The number of anilines is 1. The number of nitrogens with zero attached hydrogens (tertiary/aromatic N) is 3. The van der Waals surface area contributed by atoms with Gasteiger partial charge in [-0.05, 0) is 44.7 Å². The number of nitrogens with two attached hydrogens (primary N) is 1. The zero-order valence-corrected chi connectivity index (χ0v) is 15.1. The molecule has 1 aliphatic carbocycles. The number of ether oxygens (including phenoxy) is 1. The second-order valence-electron chi connectivity index (χ2n) is 6.35. The molecule has 1 fully saturated rings. The molecule has 126 valence electrons. The summed E-state index contributed by atoms with van der Waals surface area (Å²) in [6.07, 6.45) is 3.38. The average molecular weight is 334 g/mol. The van der Waals surface area contributed by atoms with Crippen LogP contribution in [0.4, 0.5) is 5.82 Å². The molecular formula is C17H26N4OS. The first-order valence-electron chi connectivity index (χ1n) is 8.34. The first-order valence-corrected chi connectivity index (χ1v) is 9.16. The molecule has 0 saturated heterocycles. The summed E-state index contributed by atoms with van der Waals surface area (Å²) in [6.45, 7) is 7.56. The van der Waals surface area contributed by atoms with Crippen molar-refractivity contribution in [3.05, 3.63) is 16.3 Å². The Labute approximate surface area is 141 Å². The van der Waals surface area contributed by atoms with E-state index in [0.29, 0.717) is 13.2 Å². The summed E-state index contributed by atoms with van der Waals surface area (Å²) in [6, 6.07) is 0. The Hall–Kier alpha value is -1.24. The van der Waals surface area contributed by atoms with Gasteiger partial charge in [-0.3, -0.25) is 0 Å². The van der Waals surface area contributed by atoms with Gasteiger partial charge in [0.1, 0.15) is 16.5 Å². The van der Waals surface area contributed by atoms with Gasteiger partial charge < -0.3 is 15.4 Å². The predicted molar refractivity (Wildman–Crippen MR) is 96.5 cm³/mol. The van der Waals surface area contributed by atoms with Crippen LogP contribution in [-0.2, 0) is 11.2 Å². The van der Waals surface area contributed by atoms with Crippen LogP contribution in [0, 0.1) is 19.8 Å². The Morgan fingerprint density at radius 2 is 2.09 bits per heavy atom. The SMILES string of the molecule is COCCN(CC1CC1)c1nc(CCN)nc2sc(C)c(C)c12. The van der Waals surface area contributed by atoms with Gasteiger partial charge in [0, 0.05) is 31.5 Å². The van der Waals surface area contributed by atoms with E-state index in [9.17, 15) is 0 Å². The van der Waals surface area contributed by atoms with Gasteiger partial charge in [-0.15, -0.1) is 11.3 Å². The van der Waals surface area contributed by atoms with Gasteiger partial charge >= 0.3 is 0 Å². The second kappa shape index (κ2) is 7.11. The van der Waals surface area contributed by atoms with E-state index < -0.39 is 0 Å². The van der Waals surface area contributed by atoms with Crippen LogP contribution in [0.5, 0.6) is 0 Å². The van der Waals surface area contributed by atoms with Crippen molar-refractivity contribution >= 4 is 27.4 Å². The molecule has 0 aliphatic heterocycles. The quantitative estimate of drug-likeness (QED) is 0.804. The first kappa shape index (κ1) is 16.6. The minimum atomic E-state index is 0.578. The molecule has 1 aliphatic rings. The average Bonchev–Trinajstić information content (AvgIpc) is 3.30. The van der Waals surface area contributed by atoms with E-state index in [1.807, 2.05) is 0 Å². The summed E-state index contributed by atoms with van der Waals surface area (Å²) in [7, 11) is 1.75. The highest BCUT2D eigenvalue weighted by Gasteiger charge is 2.27. The first-order chi connectivity index (χ1) is 11.1. The monoisotopic (exact) mass is 334 g/mol. The number of aromatic nitrogens is 2. The summed E-state index contributed by atoms with van der Waals surface area (Å²) in [5.74, 6) is 2.73. The van der Waals surface area contributed by atoms with E-state index in [1.54, 1.807) is 18.4 Å². The normalized spacial score (nSPS) is 14.6. The highest BCUT2D eigenvalue weighted by Crippen LogP contribution is 2.37. The minimum absolute atomic E-state index is 0.578. The fraction of sp³-hybridized carbons (Fsp3) is 0.647. The van der Waals surface area contributed by atoms with Crippen LogP contribution in [0.2, 0.25) is 0 Å². The fourth-order valence-corrected chi connectivity index (χ4v) is 3.88. The number of hydrogen-bond donors (Lipinski definition) is 1. The Morgan fingerprint density at radius 3 is 2.74 bits per heavy atom. The maximum atomic E-state index is 5.73. The van der Waals surface area contributed by atoms with Gasteiger partial charge in [-0.1, -0.05) is 0 Å². The van der Waals surface area contributed by atoms with Crippen LogP contribution >= 0.6 is 11.3 Å². The largest absolute Gasteiger partial charge is 0.383 e. The van der Waals surface area contributed by atoms with E-state index >= 15 is 0 Å². The van der Waals surface area contributed by atoms with Crippen molar-refractivity contribution < 1.29 is 4.74 Å². The molecule has 0 amide bonds. The van der Waals surface area contributed by atoms with E-state index in [2.05, 4.69) is 18.7 Å². The minimum Gasteiger partial charge on any atom is -0.383 e. The molecular weight excluding hydrogens is 308 g/mol. The Morgan fingerprint density at radius 1 is 1.30 bits per heavy atom. The number of thiophene rings is 1. The van der Waals surface area contributed by atoms with Crippen molar-refractivity contribution in [1.82, 2.24) is 9.97 Å². The van der Waals surface area contributed by atoms with Gasteiger partial charge in [0.15, 0.2) is 0 Å². The zero-order chi connectivity index (χ0) is 16.4. The Kier molecular flexibility index (Phi) is 5.14. The van der Waals surface area contributed by atoms with Crippen molar-refractivity contribution in [3.8, 4) is 0 Å². The van der Waals surface area contributed by atoms with Gasteiger partial charge in [-0.2, -0.15) is 0 Å². The lowest BCUT2D eigenvalue weighted by atomic mass is 10.2. The highest BCUT2D eigenvalue weighted by atomic mass is 32.1. The molecule has 23 heavy (non-hydrogen) atoms. The molecule has 0 atom stereocenters. The number of methoxy groups -OCH3 is 1. The van der Waals surface area contributed by atoms with Gasteiger partial charge in [0.2, 0.25) is 0 Å². The fourth-order valence-electron chi connectivity index (χ4n) is 2.84. The second-order valence-corrected chi connectivity index (χ2v) is 7.55. The van der Waals surface area contributed by atoms with Gasteiger partial charge in [0.25, 0.3) is 0 Å². The molecule has 0 aromatic carbocycles. The maximum Gasteiger partial charge on any atom is 0.141 e. The molecule has 2 N–H and O–H groups in total. The number of rotatable bonds is 8. The molecule has 5 nitrogen and oxygen atoms in total. The molecule has 1 saturated carbocycles. The van der Waals surface area contributed by atoms with Crippen LogP contribution in [0.3, 0.4) is 0 Å². The van der Waals surface area contributed by atoms with E-state index in [1.165, 1.54) is 28.7 Å². The number of fused-ring (bicyclic) bond motifs is 1. The molecule has 2 aromatic rings. The van der Waals surface area contributed by atoms with Crippen LogP contribution in [0.15, 0.2) is 0 Å². The zero-order valence-electron chi connectivity index (χ0n) is 14.3. The molecule has 3 rings (SSSR count). The third kappa shape index (κ3) is 3.65. The van der Waals surface area contributed by atoms with Gasteiger partial charge in [-0.25, -0.2) is 9.97 Å². The summed E-state index contributed by atoms with van der Waals surface area (Å²) >= 11 is 1.76. The molecule has 0 bridgehead atoms. The molecule has 2 aromatic heterocycles. The lowest BCUT2D eigenvalue weighted by molar-refractivity contribution is 0.205. The standard InChI is InChI=1S/C17H26N4OS/c1-11-12(2)23-17-15(11)16(19-14(20-17)6-7-18)21(8-9-22-3)10-13-4-5-13/h13H,4-10,18H2,1-3H3. The lowest BCUT2D eigenvalue weighted by Crippen LogP contribution is -2.31. The summed E-state index contributed by atoms with van der Waals surface area (Å²) < 4.78 is 5.32. The van der Waals surface area contributed by atoms with Crippen molar-refractivity contribution in [3.63, 3.8) is 0 Å². The van der Waals surface area contributed by atoms with Gasteiger partial charge in [0.05, 0.1) is 12.0 Å². The lowest BCUT2D eigenvalue weighted by Gasteiger charge is -2.25. The Bertz CT molecular complexity index is 681. The predicted octanol–water partition coefficient (Wildman–Crippen LogP) is 2.67. The van der Waals surface area contributed by atoms with Crippen molar-refractivity contribution in [2.45, 2.75) is 33.1 Å². The van der Waals surface area contributed by atoms with Crippen molar-refractivity contribution in [2.24, 2.45) is 11.7 Å². The molecule has 0 unspecified atom stereocenters. The van der Waals surface area contributed by atoms with Crippen LogP contribution in [-0.4, -0.2) is 43.3 Å². The third-order valence-electron chi connectivity index (χ3n) is 4.46. The van der Waals surface area contributed by atoms with E-state index in [-0.39, 0.29) is 0 Å². The van der Waals surface area contributed by atoms with Crippen LogP contribution in [0.25, 0.3) is 10.2 Å². The van der Waals surface area contributed by atoms with Crippen LogP contribution in [0.1, 0.15) is 29.1 Å². The number of aryl methyl sites for hydroxylation is 2. The Balaban J connectivity index is 2.06. The van der Waals surface area contributed by atoms with Crippen molar-refractivity contribution in [2.75, 3.05) is 38.3 Å². The molecule has 2 heterocycles.